The molecule has 2 aromatic rings. The molecule has 0 saturated heterocycles. The fourth-order valence-corrected chi connectivity index (χ4v) is 3.63. The van der Waals surface area contributed by atoms with Gasteiger partial charge < -0.3 is 14.6 Å². The number of ketones is 2. The van der Waals surface area contributed by atoms with E-state index in [1.54, 1.807) is 30.3 Å². The van der Waals surface area contributed by atoms with Gasteiger partial charge in [-0.25, -0.2) is 0 Å². The maximum absolute atomic E-state index is 12.8. The van der Waals surface area contributed by atoms with Crippen molar-refractivity contribution < 1.29 is 29.0 Å². The molecule has 6 heteroatoms. The van der Waals surface area contributed by atoms with Crippen LogP contribution >= 0.6 is 0 Å². The van der Waals surface area contributed by atoms with E-state index < -0.39 is 0 Å². The average Bonchev–Trinajstić information content (AvgIpc) is 2.73. The highest BCUT2D eigenvalue weighted by Crippen LogP contribution is 2.34. The van der Waals surface area contributed by atoms with Crippen molar-refractivity contribution in [2.75, 3.05) is 7.11 Å². The summed E-state index contributed by atoms with van der Waals surface area (Å²) in [6.45, 7) is 2.00. The average molecular weight is 396 g/mol. The van der Waals surface area contributed by atoms with E-state index in [4.69, 9.17) is 9.47 Å². The van der Waals surface area contributed by atoms with E-state index in [9.17, 15) is 19.5 Å². The number of hydrogen-bond donors (Lipinski definition) is 1. The van der Waals surface area contributed by atoms with E-state index in [-0.39, 0.29) is 53.7 Å². The fraction of sp³-hybridized carbons (Fsp3) is 0.348. The molecule has 152 valence electrons. The molecule has 2 atom stereocenters. The highest BCUT2D eigenvalue weighted by molar-refractivity contribution is 6.12. The zero-order valence-electron chi connectivity index (χ0n) is 16.5. The predicted molar refractivity (Wildman–Crippen MR) is 106 cm³/mol. The molecule has 0 bridgehead atoms. The number of methoxy groups -OCH3 is 1. The number of carbonyl (C=O) groups excluding carboxylic acids is 3. The number of carbonyl (C=O) groups is 3. The van der Waals surface area contributed by atoms with Gasteiger partial charge in [-0.2, -0.15) is 0 Å². The van der Waals surface area contributed by atoms with Crippen LogP contribution < -0.4 is 4.74 Å². The molecule has 0 aliphatic carbocycles. The summed E-state index contributed by atoms with van der Waals surface area (Å²) in [4.78, 5) is 36.9. The van der Waals surface area contributed by atoms with Crippen LogP contribution in [0, 0.1) is 5.92 Å². The van der Waals surface area contributed by atoms with Gasteiger partial charge in [0.05, 0.1) is 18.2 Å². The zero-order chi connectivity index (χ0) is 21.0. The van der Waals surface area contributed by atoms with Gasteiger partial charge in [0.1, 0.15) is 17.6 Å². The topological polar surface area (TPSA) is 89.9 Å². The first-order chi connectivity index (χ1) is 13.9. The molecule has 2 unspecified atom stereocenters. The number of Topliss-reactive ketones (excluding diaryl/α,β-unsaturated/α-hetero) is 1. The normalized spacial score (nSPS) is 16.5. The number of rotatable bonds is 7. The number of para-hydroxylation sites is 1. The molecule has 1 heterocycles. The van der Waals surface area contributed by atoms with Gasteiger partial charge in [-0.3, -0.25) is 14.4 Å². The number of hydrogen-bond acceptors (Lipinski definition) is 6. The van der Waals surface area contributed by atoms with Gasteiger partial charge >= 0.3 is 5.97 Å². The first kappa shape index (κ1) is 20.6. The zero-order valence-corrected chi connectivity index (χ0v) is 16.5. The smallest absolute Gasteiger partial charge is 0.305 e. The van der Waals surface area contributed by atoms with Crippen molar-refractivity contribution in [3.8, 4) is 11.5 Å². The Morgan fingerprint density at radius 3 is 2.69 bits per heavy atom. The Labute approximate surface area is 169 Å². The summed E-state index contributed by atoms with van der Waals surface area (Å²) in [6.07, 6.45) is 1.52. The summed E-state index contributed by atoms with van der Waals surface area (Å²) in [5, 5.41) is 9.92. The van der Waals surface area contributed by atoms with Crippen molar-refractivity contribution in [2.45, 2.75) is 38.7 Å². The number of fused-ring (bicyclic) bond motifs is 1. The predicted octanol–water partition coefficient (Wildman–Crippen LogP) is 3.94. The first-order valence-electron chi connectivity index (χ1n) is 9.68. The quantitative estimate of drug-likeness (QED) is 0.563. The van der Waals surface area contributed by atoms with E-state index in [0.29, 0.717) is 23.3 Å². The van der Waals surface area contributed by atoms with Gasteiger partial charge in [-0.15, -0.1) is 0 Å². The molecule has 3 rings (SSSR count). The molecular weight excluding hydrogens is 372 g/mol. The summed E-state index contributed by atoms with van der Waals surface area (Å²) >= 11 is 0. The van der Waals surface area contributed by atoms with Crippen molar-refractivity contribution in [1.82, 2.24) is 0 Å². The highest BCUT2D eigenvalue weighted by atomic mass is 16.5. The molecule has 0 amide bonds. The minimum atomic E-state index is -0.356. The Bertz CT molecular complexity index is 933. The second kappa shape index (κ2) is 8.90. The number of aromatic hydroxyl groups is 1. The lowest BCUT2D eigenvalue weighted by Gasteiger charge is -2.31. The standard InChI is InChI=1S/C23H24O6/c1-3-14(9-11-22(26)28-2)21-13-19(25)17-12-15(8-10-20(17)29-21)23(27)16-6-4-5-7-18(16)24/h4-8,10,12,14,21,24H,3,9,11,13H2,1-2H3. The molecule has 0 fully saturated rings. The third kappa shape index (κ3) is 4.47. The van der Waals surface area contributed by atoms with Gasteiger partial charge in [0.25, 0.3) is 0 Å². The largest absolute Gasteiger partial charge is 0.507 e. The lowest BCUT2D eigenvalue weighted by atomic mass is 9.87. The van der Waals surface area contributed by atoms with Gasteiger partial charge in [0, 0.05) is 18.4 Å². The maximum Gasteiger partial charge on any atom is 0.305 e. The van der Waals surface area contributed by atoms with Crippen LogP contribution in [-0.4, -0.2) is 35.9 Å². The Morgan fingerprint density at radius 1 is 1.24 bits per heavy atom. The van der Waals surface area contributed by atoms with Crippen molar-refractivity contribution >= 4 is 17.5 Å². The Balaban J connectivity index is 1.80. The minimum Gasteiger partial charge on any atom is -0.507 e. The number of ether oxygens (including phenoxy) is 2. The van der Waals surface area contributed by atoms with Crippen molar-refractivity contribution in [3.05, 3.63) is 59.2 Å². The van der Waals surface area contributed by atoms with Crippen LogP contribution in [0.4, 0.5) is 0 Å². The van der Waals surface area contributed by atoms with Crippen LogP contribution in [0.3, 0.4) is 0 Å². The molecule has 1 aliphatic rings. The summed E-state index contributed by atoms with van der Waals surface area (Å²) in [7, 11) is 1.36. The molecule has 6 nitrogen and oxygen atoms in total. The molecule has 0 radical (unpaired) electrons. The monoisotopic (exact) mass is 396 g/mol. The van der Waals surface area contributed by atoms with Crippen LogP contribution in [0.5, 0.6) is 11.5 Å². The summed E-state index contributed by atoms with van der Waals surface area (Å²) in [6, 6.07) is 11.0. The highest BCUT2D eigenvalue weighted by Gasteiger charge is 2.32. The second-order valence-corrected chi connectivity index (χ2v) is 7.12. The SMILES string of the molecule is CCC(CCC(=O)OC)C1CC(=O)c2cc(C(=O)c3ccccc3O)ccc2O1. The number of benzene rings is 2. The first-order valence-corrected chi connectivity index (χ1v) is 9.68. The minimum absolute atomic E-state index is 0.0498. The fourth-order valence-electron chi connectivity index (χ4n) is 3.63. The summed E-state index contributed by atoms with van der Waals surface area (Å²) in [5.74, 6) is -0.344. The van der Waals surface area contributed by atoms with E-state index in [0.717, 1.165) is 6.42 Å². The molecule has 0 saturated carbocycles. The van der Waals surface area contributed by atoms with E-state index in [2.05, 4.69) is 0 Å². The number of esters is 1. The van der Waals surface area contributed by atoms with Crippen LogP contribution in [0.2, 0.25) is 0 Å². The lowest BCUT2D eigenvalue weighted by molar-refractivity contribution is -0.141. The van der Waals surface area contributed by atoms with Crippen molar-refractivity contribution in [3.63, 3.8) is 0 Å². The summed E-state index contributed by atoms with van der Waals surface area (Å²) < 4.78 is 10.7. The van der Waals surface area contributed by atoms with E-state index in [1.807, 2.05) is 6.92 Å². The van der Waals surface area contributed by atoms with E-state index >= 15 is 0 Å². The van der Waals surface area contributed by atoms with Gasteiger partial charge in [-0.05, 0) is 49.1 Å². The molecule has 0 aromatic heterocycles. The third-order valence-electron chi connectivity index (χ3n) is 5.35. The third-order valence-corrected chi connectivity index (χ3v) is 5.35. The van der Waals surface area contributed by atoms with Gasteiger partial charge in [-0.1, -0.05) is 19.1 Å². The molecule has 1 N–H and O–H groups in total. The van der Waals surface area contributed by atoms with Crippen LogP contribution in [0.15, 0.2) is 42.5 Å². The van der Waals surface area contributed by atoms with Crippen LogP contribution in [-0.2, 0) is 9.53 Å². The van der Waals surface area contributed by atoms with Crippen LogP contribution in [0.25, 0.3) is 0 Å². The Kier molecular flexibility index (Phi) is 6.32. The van der Waals surface area contributed by atoms with Crippen molar-refractivity contribution in [2.24, 2.45) is 5.92 Å². The molecule has 1 aliphatic heterocycles. The second-order valence-electron chi connectivity index (χ2n) is 7.12. The molecule has 29 heavy (non-hydrogen) atoms. The number of phenols is 1. The van der Waals surface area contributed by atoms with Crippen molar-refractivity contribution in [1.29, 1.82) is 0 Å². The Hall–Kier alpha value is -3.15. The molecule has 0 spiro atoms. The van der Waals surface area contributed by atoms with Gasteiger partial charge in [0.2, 0.25) is 0 Å². The maximum atomic E-state index is 12.8. The summed E-state index contributed by atoms with van der Waals surface area (Å²) in [5.41, 5.74) is 0.868. The van der Waals surface area contributed by atoms with Gasteiger partial charge in [0.15, 0.2) is 11.6 Å². The number of phenolic OH excluding ortho intramolecular Hbond substituents is 1. The van der Waals surface area contributed by atoms with Crippen LogP contribution in [0.1, 0.15) is 58.9 Å². The Morgan fingerprint density at radius 2 is 2.00 bits per heavy atom. The molecular formula is C23H24O6. The molecule has 2 aromatic carbocycles. The van der Waals surface area contributed by atoms with E-state index in [1.165, 1.54) is 19.2 Å². The lowest BCUT2D eigenvalue weighted by Crippen LogP contribution is -2.34.